The molecule has 0 radical (unpaired) electrons. The Labute approximate surface area is 191 Å². The van der Waals surface area contributed by atoms with Gasteiger partial charge in [-0.3, -0.25) is 0 Å². The first-order valence-electron chi connectivity index (χ1n) is 10.5. The zero-order valence-electron chi connectivity index (χ0n) is 17.7. The molecular formula is C22H23N7O3S. The minimum Gasteiger partial charge on any atom is -0.457 e. The number of ether oxygens (including phenoxy) is 1. The second kappa shape index (κ2) is 8.43. The van der Waals surface area contributed by atoms with Gasteiger partial charge in [-0.2, -0.15) is 17.8 Å². The summed E-state index contributed by atoms with van der Waals surface area (Å²) in [5.74, 6) is 2.20. The highest BCUT2D eigenvalue weighted by atomic mass is 32.2. The van der Waals surface area contributed by atoms with E-state index in [9.17, 15) is 8.42 Å². The highest BCUT2D eigenvalue weighted by Crippen LogP contribution is 2.30. The molecule has 1 atom stereocenters. The molecule has 2 aromatic carbocycles. The lowest BCUT2D eigenvalue weighted by Gasteiger charge is -2.30. The van der Waals surface area contributed by atoms with Crippen LogP contribution in [0.5, 0.6) is 11.5 Å². The molecule has 33 heavy (non-hydrogen) atoms. The van der Waals surface area contributed by atoms with Crippen molar-refractivity contribution in [2.45, 2.75) is 18.9 Å². The fourth-order valence-electron chi connectivity index (χ4n) is 3.99. The molecule has 0 unspecified atom stereocenters. The first-order valence-corrected chi connectivity index (χ1v) is 12.0. The number of nitrogens with zero attached hydrogens (tertiary/aromatic N) is 5. The predicted molar refractivity (Wildman–Crippen MR) is 125 cm³/mol. The zero-order chi connectivity index (χ0) is 23.0. The maximum atomic E-state index is 11.8. The highest BCUT2D eigenvalue weighted by Gasteiger charge is 2.29. The Kier molecular flexibility index (Phi) is 5.44. The summed E-state index contributed by atoms with van der Waals surface area (Å²) in [4.78, 5) is 9.16. The van der Waals surface area contributed by atoms with Crippen LogP contribution in [0.3, 0.4) is 0 Å². The summed E-state index contributed by atoms with van der Waals surface area (Å²) >= 11 is 0. The van der Waals surface area contributed by atoms with Crippen molar-refractivity contribution in [2.75, 3.05) is 18.8 Å². The van der Waals surface area contributed by atoms with Crippen molar-refractivity contribution in [1.29, 1.82) is 0 Å². The molecule has 4 N–H and O–H groups in total. The number of nitrogen functional groups attached to an aromatic ring is 1. The van der Waals surface area contributed by atoms with Crippen molar-refractivity contribution in [3.63, 3.8) is 0 Å². The van der Waals surface area contributed by atoms with Gasteiger partial charge in [-0.25, -0.2) is 19.8 Å². The number of anilines is 1. The number of nitrogens with two attached hydrogens (primary N) is 2. The number of aromatic nitrogens is 4. The number of benzene rings is 2. The normalized spacial score (nSPS) is 17.3. The minimum absolute atomic E-state index is 0.196. The average Bonchev–Trinajstić information content (AvgIpc) is 3.24. The van der Waals surface area contributed by atoms with Gasteiger partial charge in [-0.15, -0.1) is 0 Å². The minimum atomic E-state index is -3.77. The van der Waals surface area contributed by atoms with Gasteiger partial charge in [-0.05, 0) is 49.2 Å². The lowest BCUT2D eigenvalue weighted by molar-refractivity contribution is 0.257. The fourth-order valence-corrected chi connectivity index (χ4v) is 4.76. The summed E-state index contributed by atoms with van der Waals surface area (Å²) in [5, 5.41) is 10.4. The van der Waals surface area contributed by atoms with Crippen molar-refractivity contribution in [3.05, 3.63) is 60.8 Å². The number of rotatable bonds is 5. The Balaban J connectivity index is 1.45. The Morgan fingerprint density at radius 3 is 2.45 bits per heavy atom. The van der Waals surface area contributed by atoms with E-state index in [0.717, 1.165) is 17.7 Å². The summed E-state index contributed by atoms with van der Waals surface area (Å²) in [5.41, 5.74) is 7.54. The summed E-state index contributed by atoms with van der Waals surface area (Å²) < 4.78 is 32.5. The van der Waals surface area contributed by atoms with Gasteiger partial charge < -0.3 is 10.5 Å². The molecular weight excluding hydrogens is 442 g/mol. The molecule has 5 rings (SSSR count). The van der Waals surface area contributed by atoms with E-state index in [1.807, 2.05) is 54.6 Å². The van der Waals surface area contributed by atoms with E-state index in [-0.39, 0.29) is 12.6 Å². The molecule has 1 aliphatic rings. The Morgan fingerprint density at radius 1 is 1.00 bits per heavy atom. The molecule has 0 saturated carbocycles. The zero-order valence-corrected chi connectivity index (χ0v) is 18.5. The topological polar surface area (TPSA) is 142 Å². The van der Waals surface area contributed by atoms with E-state index in [2.05, 4.69) is 10.1 Å². The van der Waals surface area contributed by atoms with Crippen LogP contribution in [0.15, 0.2) is 60.8 Å². The van der Waals surface area contributed by atoms with E-state index in [0.29, 0.717) is 41.4 Å². The Bertz CT molecular complexity index is 1390. The second-order valence-corrected chi connectivity index (χ2v) is 9.44. The van der Waals surface area contributed by atoms with Crippen LogP contribution in [0.4, 0.5) is 5.82 Å². The SMILES string of the molecule is Nc1nc(-c2ccc(Oc3ccccc3)cc2)nc2c1cnn2[C@@H]1CCCN(S(N)(=O)=O)C1. The van der Waals surface area contributed by atoms with Gasteiger partial charge in [0.15, 0.2) is 11.5 Å². The van der Waals surface area contributed by atoms with E-state index in [1.165, 1.54) is 4.31 Å². The third-order valence-electron chi connectivity index (χ3n) is 5.64. The van der Waals surface area contributed by atoms with Gasteiger partial charge in [-0.1, -0.05) is 18.2 Å². The molecule has 1 fully saturated rings. The molecule has 2 aromatic heterocycles. The maximum Gasteiger partial charge on any atom is 0.276 e. The number of hydrogen-bond acceptors (Lipinski definition) is 7. The second-order valence-electron chi connectivity index (χ2n) is 7.90. The molecule has 0 amide bonds. The van der Waals surface area contributed by atoms with Crippen molar-refractivity contribution in [3.8, 4) is 22.9 Å². The summed E-state index contributed by atoms with van der Waals surface area (Å²) in [6, 6.07) is 16.7. The Morgan fingerprint density at radius 2 is 1.73 bits per heavy atom. The number of fused-ring (bicyclic) bond motifs is 1. The van der Waals surface area contributed by atoms with Crippen molar-refractivity contribution >= 4 is 27.1 Å². The largest absolute Gasteiger partial charge is 0.457 e. The first kappa shape index (κ1) is 21.3. The molecule has 11 heteroatoms. The van der Waals surface area contributed by atoms with Gasteiger partial charge in [0.25, 0.3) is 10.2 Å². The van der Waals surface area contributed by atoms with Crippen LogP contribution >= 0.6 is 0 Å². The van der Waals surface area contributed by atoms with Gasteiger partial charge in [0, 0.05) is 18.7 Å². The lowest BCUT2D eigenvalue weighted by Crippen LogP contribution is -2.44. The molecule has 0 spiro atoms. The van der Waals surface area contributed by atoms with Crippen LogP contribution in [0, 0.1) is 0 Å². The summed E-state index contributed by atoms with van der Waals surface area (Å²) in [6.07, 6.45) is 3.05. The van der Waals surface area contributed by atoms with Crippen LogP contribution in [0.2, 0.25) is 0 Å². The van der Waals surface area contributed by atoms with Crippen molar-refractivity contribution in [2.24, 2.45) is 5.14 Å². The van der Waals surface area contributed by atoms with E-state index < -0.39 is 10.2 Å². The number of hydrogen-bond donors (Lipinski definition) is 2. The lowest BCUT2D eigenvalue weighted by atomic mass is 10.1. The fraction of sp³-hybridized carbons (Fsp3) is 0.227. The van der Waals surface area contributed by atoms with Crippen LogP contribution in [-0.2, 0) is 10.2 Å². The first-order chi connectivity index (χ1) is 15.9. The van der Waals surface area contributed by atoms with Gasteiger partial charge in [0.2, 0.25) is 0 Å². The van der Waals surface area contributed by atoms with Crippen molar-refractivity contribution in [1.82, 2.24) is 24.1 Å². The standard InChI is InChI=1S/C22H23N7O3S/c23-20-19-13-25-29(16-5-4-12-28(14-16)33(24,30)31)22(19)27-21(26-20)15-8-10-18(11-9-15)32-17-6-2-1-3-7-17/h1-3,6-11,13,16H,4-5,12,14H2,(H2,23,26,27)(H2,24,30,31)/t16-/m1/s1. The third-order valence-corrected chi connectivity index (χ3v) is 6.69. The van der Waals surface area contributed by atoms with Crippen LogP contribution in [0.1, 0.15) is 18.9 Å². The van der Waals surface area contributed by atoms with Crippen LogP contribution < -0.4 is 15.6 Å². The maximum absolute atomic E-state index is 11.8. The quantitative estimate of drug-likeness (QED) is 0.461. The molecule has 0 aliphatic carbocycles. The molecule has 1 saturated heterocycles. The summed E-state index contributed by atoms with van der Waals surface area (Å²) in [6.45, 7) is 0.634. The average molecular weight is 466 g/mol. The molecule has 10 nitrogen and oxygen atoms in total. The smallest absolute Gasteiger partial charge is 0.276 e. The predicted octanol–water partition coefficient (Wildman–Crippen LogP) is 2.71. The Hall–Kier alpha value is -3.54. The van der Waals surface area contributed by atoms with Crippen LogP contribution in [-0.4, -0.2) is 45.6 Å². The van der Waals surface area contributed by atoms with Crippen molar-refractivity contribution < 1.29 is 13.2 Å². The molecule has 3 heterocycles. The molecule has 0 bridgehead atoms. The molecule has 1 aliphatic heterocycles. The third kappa shape index (κ3) is 4.38. The highest BCUT2D eigenvalue weighted by molar-refractivity contribution is 7.86. The van der Waals surface area contributed by atoms with Crippen LogP contribution in [0.25, 0.3) is 22.4 Å². The monoisotopic (exact) mass is 465 g/mol. The molecule has 4 aromatic rings. The number of piperidine rings is 1. The van der Waals surface area contributed by atoms with Gasteiger partial charge >= 0.3 is 0 Å². The van der Waals surface area contributed by atoms with E-state index in [1.54, 1.807) is 10.9 Å². The van der Waals surface area contributed by atoms with Gasteiger partial charge in [0.05, 0.1) is 17.6 Å². The molecule has 170 valence electrons. The number of para-hydroxylation sites is 1. The van der Waals surface area contributed by atoms with Gasteiger partial charge in [0.1, 0.15) is 17.3 Å². The van der Waals surface area contributed by atoms with E-state index in [4.69, 9.17) is 20.6 Å². The summed E-state index contributed by atoms with van der Waals surface area (Å²) in [7, 11) is -3.77. The van der Waals surface area contributed by atoms with E-state index >= 15 is 0 Å².